The second-order valence-electron chi connectivity index (χ2n) is 6.82. The maximum atomic E-state index is 12.3. The summed E-state index contributed by atoms with van der Waals surface area (Å²) in [4.78, 5) is 24.0. The Bertz CT molecular complexity index is 798. The van der Waals surface area contributed by atoms with Crippen molar-refractivity contribution >= 4 is 17.6 Å². The Morgan fingerprint density at radius 2 is 1.75 bits per heavy atom. The first kappa shape index (κ1) is 19.9. The van der Waals surface area contributed by atoms with Crippen molar-refractivity contribution in [2.24, 2.45) is 5.92 Å². The lowest BCUT2D eigenvalue weighted by molar-refractivity contribution is -0.115. The molecular formula is C22H26N2O4. The second kappa shape index (κ2) is 9.37. The molecule has 1 aliphatic carbocycles. The van der Waals surface area contributed by atoms with Crippen LogP contribution in [0.1, 0.15) is 41.7 Å². The lowest BCUT2D eigenvalue weighted by Crippen LogP contribution is -2.32. The Morgan fingerprint density at radius 3 is 2.32 bits per heavy atom. The molecule has 0 bridgehead atoms. The lowest BCUT2D eigenvalue weighted by atomic mass is 10.0. The summed E-state index contributed by atoms with van der Waals surface area (Å²) in [6.45, 7) is 2.31. The first-order valence-electron chi connectivity index (χ1n) is 9.55. The average Bonchev–Trinajstić information content (AvgIpc) is 3.54. The topological polar surface area (TPSA) is 76.7 Å². The first-order valence-corrected chi connectivity index (χ1v) is 9.55. The maximum absolute atomic E-state index is 12.3. The van der Waals surface area contributed by atoms with Gasteiger partial charge >= 0.3 is 5.97 Å². The number of anilines is 1. The van der Waals surface area contributed by atoms with Gasteiger partial charge in [0.15, 0.2) is 0 Å². The van der Waals surface area contributed by atoms with Crippen molar-refractivity contribution in [1.29, 1.82) is 0 Å². The number of nitrogens with one attached hydrogen (secondary N) is 2. The third-order valence-corrected chi connectivity index (χ3v) is 4.73. The number of amides is 1. The van der Waals surface area contributed by atoms with Gasteiger partial charge in [-0.1, -0.05) is 12.1 Å². The van der Waals surface area contributed by atoms with Gasteiger partial charge in [-0.2, -0.15) is 0 Å². The Balaban J connectivity index is 1.54. The number of carbonyl (C=O) groups is 2. The van der Waals surface area contributed by atoms with E-state index in [0.717, 1.165) is 11.3 Å². The molecule has 28 heavy (non-hydrogen) atoms. The summed E-state index contributed by atoms with van der Waals surface area (Å²) in [6.07, 6.45) is 2.33. The van der Waals surface area contributed by atoms with E-state index in [9.17, 15) is 9.59 Å². The van der Waals surface area contributed by atoms with Crippen molar-refractivity contribution in [3.63, 3.8) is 0 Å². The predicted octanol–water partition coefficient (Wildman–Crippen LogP) is 3.55. The fourth-order valence-corrected chi connectivity index (χ4v) is 3.11. The Morgan fingerprint density at radius 1 is 1.07 bits per heavy atom. The summed E-state index contributed by atoms with van der Waals surface area (Å²) < 4.78 is 10.2. The highest BCUT2D eigenvalue weighted by atomic mass is 16.5. The molecule has 0 aromatic heterocycles. The molecule has 1 amide bonds. The summed E-state index contributed by atoms with van der Waals surface area (Å²) in [5, 5.41) is 6.23. The maximum Gasteiger partial charge on any atom is 0.338 e. The van der Waals surface area contributed by atoms with Crippen molar-refractivity contribution < 1.29 is 19.1 Å². The Hall–Kier alpha value is -2.86. The molecule has 0 radical (unpaired) electrons. The van der Waals surface area contributed by atoms with E-state index in [2.05, 4.69) is 10.6 Å². The monoisotopic (exact) mass is 382 g/mol. The van der Waals surface area contributed by atoms with Crippen molar-refractivity contribution in [3.05, 3.63) is 59.7 Å². The molecule has 3 rings (SSSR count). The normalized spacial score (nSPS) is 14.2. The molecule has 0 heterocycles. The van der Waals surface area contributed by atoms with Gasteiger partial charge in [0.1, 0.15) is 5.75 Å². The zero-order valence-electron chi connectivity index (χ0n) is 16.2. The van der Waals surface area contributed by atoms with E-state index in [0.29, 0.717) is 23.8 Å². The zero-order valence-corrected chi connectivity index (χ0v) is 16.2. The third kappa shape index (κ3) is 5.33. The number of methoxy groups -OCH3 is 1. The molecule has 0 aliphatic heterocycles. The highest BCUT2D eigenvalue weighted by molar-refractivity contribution is 5.94. The molecule has 1 aliphatic rings. The van der Waals surface area contributed by atoms with Crippen LogP contribution in [-0.4, -0.2) is 32.1 Å². The number of hydrogen-bond acceptors (Lipinski definition) is 5. The van der Waals surface area contributed by atoms with Crippen LogP contribution in [0.4, 0.5) is 5.69 Å². The van der Waals surface area contributed by atoms with Crippen molar-refractivity contribution in [1.82, 2.24) is 5.32 Å². The largest absolute Gasteiger partial charge is 0.497 e. The van der Waals surface area contributed by atoms with Crippen LogP contribution < -0.4 is 15.4 Å². The summed E-state index contributed by atoms with van der Waals surface area (Å²) >= 11 is 0. The fraction of sp³-hybridized carbons (Fsp3) is 0.364. The molecule has 1 saturated carbocycles. The minimum absolute atomic E-state index is 0.122. The standard InChI is InChI=1S/C22H26N2O4/c1-3-28-22(26)17-6-10-18(11-7-17)24-20(25)14-23-21(15-4-5-15)16-8-12-19(27-2)13-9-16/h6-13,15,21,23H,3-5,14H2,1-2H3,(H,24,25). The summed E-state index contributed by atoms with van der Waals surface area (Å²) in [5.74, 6) is 0.893. The molecule has 2 N–H and O–H groups in total. The Kier molecular flexibility index (Phi) is 6.66. The van der Waals surface area contributed by atoms with Gasteiger partial charge in [0.05, 0.1) is 25.8 Å². The number of carbonyl (C=O) groups excluding carboxylic acids is 2. The van der Waals surface area contributed by atoms with Gasteiger partial charge in [-0.25, -0.2) is 4.79 Å². The number of benzene rings is 2. The third-order valence-electron chi connectivity index (χ3n) is 4.73. The highest BCUT2D eigenvalue weighted by Gasteiger charge is 2.32. The smallest absolute Gasteiger partial charge is 0.338 e. The van der Waals surface area contributed by atoms with Crippen LogP contribution in [0.2, 0.25) is 0 Å². The molecule has 1 atom stereocenters. The van der Waals surface area contributed by atoms with Gasteiger partial charge in [-0.05, 0) is 67.6 Å². The van der Waals surface area contributed by atoms with Crippen LogP contribution in [-0.2, 0) is 9.53 Å². The van der Waals surface area contributed by atoms with E-state index in [4.69, 9.17) is 9.47 Å². The van der Waals surface area contributed by atoms with Gasteiger partial charge < -0.3 is 20.1 Å². The minimum atomic E-state index is -0.367. The zero-order chi connectivity index (χ0) is 19.9. The van der Waals surface area contributed by atoms with Crippen molar-refractivity contribution in [2.75, 3.05) is 25.6 Å². The van der Waals surface area contributed by atoms with Gasteiger partial charge in [-0.3, -0.25) is 4.79 Å². The van der Waals surface area contributed by atoms with Crippen molar-refractivity contribution in [2.45, 2.75) is 25.8 Å². The number of esters is 1. The predicted molar refractivity (Wildman–Crippen MR) is 107 cm³/mol. The lowest BCUT2D eigenvalue weighted by Gasteiger charge is -2.19. The van der Waals surface area contributed by atoms with E-state index >= 15 is 0 Å². The molecule has 1 unspecified atom stereocenters. The van der Waals surface area contributed by atoms with Crippen molar-refractivity contribution in [3.8, 4) is 5.75 Å². The van der Waals surface area contributed by atoms with Crippen LogP contribution in [0.5, 0.6) is 5.75 Å². The van der Waals surface area contributed by atoms with E-state index in [1.165, 1.54) is 12.8 Å². The molecular weight excluding hydrogens is 356 g/mol. The van der Waals surface area contributed by atoms with Crippen LogP contribution in [0, 0.1) is 5.92 Å². The fourth-order valence-electron chi connectivity index (χ4n) is 3.11. The van der Waals surface area contributed by atoms with E-state index < -0.39 is 0 Å². The first-order chi connectivity index (χ1) is 13.6. The number of ether oxygens (including phenoxy) is 2. The second-order valence-corrected chi connectivity index (χ2v) is 6.82. The molecule has 6 nitrogen and oxygen atoms in total. The summed E-state index contributed by atoms with van der Waals surface area (Å²) in [7, 11) is 1.65. The molecule has 0 saturated heterocycles. The summed E-state index contributed by atoms with van der Waals surface area (Å²) in [5.41, 5.74) is 2.27. The SMILES string of the molecule is CCOC(=O)c1ccc(NC(=O)CNC(c2ccc(OC)cc2)C2CC2)cc1. The molecule has 2 aromatic rings. The van der Waals surface area contributed by atoms with Gasteiger partial charge in [-0.15, -0.1) is 0 Å². The van der Waals surface area contributed by atoms with Crippen LogP contribution in [0.25, 0.3) is 0 Å². The quantitative estimate of drug-likeness (QED) is 0.649. The van der Waals surface area contributed by atoms with E-state index in [-0.39, 0.29) is 24.5 Å². The molecule has 1 fully saturated rings. The number of rotatable bonds is 9. The number of hydrogen-bond donors (Lipinski definition) is 2. The van der Waals surface area contributed by atoms with Gasteiger partial charge in [0.25, 0.3) is 0 Å². The molecule has 6 heteroatoms. The van der Waals surface area contributed by atoms with Crippen LogP contribution in [0.15, 0.2) is 48.5 Å². The highest BCUT2D eigenvalue weighted by Crippen LogP contribution is 2.41. The van der Waals surface area contributed by atoms with E-state index in [1.807, 2.05) is 24.3 Å². The minimum Gasteiger partial charge on any atom is -0.497 e. The molecule has 0 spiro atoms. The van der Waals surface area contributed by atoms with Crippen LogP contribution in [0.3, 0.4) is 0 Å². The molecule has 148 valence electrons. The van der Waals surface area contributed by atoms with Gasteiger partial charge in [0.2, 0.25) is 5.91 Å². The van der Waals surface area contributed by atoms with Crippen LogP contribution >= 0.6 is 0 Å². The average molecular weight is 382 g/mol. The summed E-state index contributed by atoms with van der Waals surface area (Å²) in [6, 6.07) is 14.8. The van der Waals surface area contributed by atoms with E-state index in [1.54, 1.807) is 38.3 Å². The van der Waals surface area contributed by atoms with Gasteiger partial charge in [0, 0.05) is 11.7 Å². The molecule has 2 aromatic carbocycles. The Labute approximate surface area is 165 Å².